The number of anilines is 1. The number of halogens is 1. The molecule has 22 heavy (non-hydrogen) atoms. The number of likely N-dealkylation sites (tertiary alicyclic amines) is 1. The Balaban J connectivity index is 1.77. The SMILES string of the molecule is CCOC(=O)N1CCC(NC(=O)Nc2ccccc2I)CC1. The quantitative estimate of drug-likeness (QED) is 0.743. The monoisotopic (exact) mass is 417 g/mol. The lowest BCUT2D eigenvalue weighted by Crippen LogP contribution is -2.47. The molecular weight excluding hydrogens is 397 g/mol. The molecule has 6 nitrogen and oxygen atoms in total. The molecule has 3 amide bonds. The minimum Gasteiger partial charge on any atom is -0.450 e. The second-order valence-electron chi connectivity index (χ2n) is 5.04. The molecule has 0 spiro atoms. The molecular formula is C15H20IN3O3. The molecule has 0 aromatic heterocycles. The molecule has 1 aromatic rings. The summed E-state index contributed by atoms with van der Waals surface area (Å²) in [4.78, 5) is 25.3. The summed E-state index contributed by atoms with van der Waals surface area (Å²) in [6, 6.07) is 7.48. The van der Waals surface area contributed by atoms with Gasteiger partial charge in [0.2, 0.25) is 0 Å². The summed E-state index contributed by atoms with van der Waals surface area (Å²) in [5.74, 6) is 0. The molecule has 120 valence electrons. The lowest BCUT2D eigenvalue weighted by molar-refractivity contribution is 0.0959. The summed E-state index contributed by atoms with van der Waals surface area (Å²) in [6.45, 7) is 3.38. The van der Waals surface area contributed by atoms with Crippen LogP contribution in [0.3, 0.4) is 0 Å². The highest BCUT2D eigenvalue weighted by atomic mass is 127. The number of benzene rings is 1. The van der Waals surface area contributed by atoms with Crippen LogP contribution in [0.25, 0.3) is 0 Å². The molecule has 0 aliphatic carbocycles. The van der Waals surface area contributed by atoms with E-state index in [0.29, 0.717) is 19.7 Å². The third-order valence-corrected chi connectivity index (χ3v) is 4.42. The summed E-state index contributed by atoms with van der Waals surface area (Å²) in [7, 11) is 0. The number of ether oxygens (including phenoxy) is 1. The molecule has 1 aliphatic rings. The Morgan fingerprint density at radius 2 is 2.00 bits per heavy atom. The Hall–Kier alpha value is -1.51. The number of nitrogens with one attached hydrogen (secondary N) is 2. The number of hydrogen-bond donors (Lipinski definition) is 2. The van der Waals surface area contributed by atoms with Gasteiger partial charge in [-0.05, 0) is 54.5 Å². The highest BCUT2D eigenvalue weighted by Crippen LogP contribution is 2.17. The Labute approximate surface area is 143 Å². The van der Waals surface area contributed by atoms with Crippen LogP contribution in [0, 0.1) is 3.57 Å². The number of hydrogen-bond acceptors (Lipinski definition) is 3. The van der Waals surface area contributed by atoms with Gasteiger partial charge in [0.25, 0.3) is 0 Å². The van der Waals surface area contributed by atoms with Crippen LogP contribution < -0.4 is 10.6 Å². The van der Waals surface area contributed by atoms with Crippen LogP contribution >= 0.6 is 22.6 Å². The van der Waals surface area contributed by atoms with Gasteiger partial charge in [-0.25, -0.2) is 9.59 Å². The molecule has 2 N–H and O–H groups in total. The first-order valence-corrected chi connectivity index (χ1v) is 8.41. The number of carbonyl (C=O) groups excluding carboxylic acids is 2. The van der Waals surface area contributed by atoms with Crippen molar-refractivity contribution < 1.29 is 14.3 Å². The number of carbonyl (C=O) groups is 2. The van der Waals surface area contributed by atoms with E-state index in [1.54, 1.807) is 11.8 Å². The van der Waals surface area contributed by atoms with Gasteiger partial charge in [-0.3, -0.25) is 0 Å². The van der Waals surface area contributed by atoms with E-state index in [-0.39, 0.29) is 18.2 Å². The van der Waals surface area contributed by atoms with Crippen LogP contribution in [-0.2, 0) is 4.74 Å². The fourth-order valence-electron chi connectivity index (χ4n) is 2.33. The van der Waals surface area contributed by atoms with E-state index in [4.69, 9.17) is 4.74 Å². The van der Waals surface area contributed by atoms with Crippen molar-refractivity contribution in [3.63, 3.8) is 0 Å². The van der Waals surface area contributed by atoms with Gasteiger partial charge in [-0.1, -0.05) is 12.1 Å². The molecule has 1 saturated heterocycles. The van der Waals surface area contributed by atoms with Crippen molar-refractivity contribution >= 4 is 40.4 Å². The van der Waals surface area contributed by atoms with Gasteiger partial charge in [0.05, 0.1) is 12.3 Å². The zero-order valence-corrected chi connectivity index (χ0v) is 14.6. The highest BCUT2D eigenvalue weighted by molar-refractivity contribution is 14.1. The predicted molar refractivity (Wildman–Crippen MR) is 92.9 cm³/mol. The van der Waals surface area contributed by atoms with E-state index in [1.165, 1.54) is 0 Å². The van der Waals surface area contributed by atoms with Crippen LogP contribution in [0.5, 0.6) is 0 Å². The zero-order valence-electron chi connectivity index (χ0n) is 12.5. The van der Waals surface area contributed by atoms with Crippen molar-refractivity contribution in [1.82, 2.24) is 10.2 Å². The van der Waals surface area contributed by atoms with Crippen LogP contribution in [0.1, 0.15) is 19.8 Å². The van der Waals surface area contributed by atoms with Crippen molar-refractivity contribution in [2.24, 2.45) is 0 Å². The Bertz CT molecular complexity index is 531. The molecule has 1 aliphatic heterocycles. The summed E-state index contributed by atoms with van der Waals surface area (Å²) in [6.07, 6.45) is 1.19. The second-order valence-corrected chi connectivity index (χ2v) is 6.20. The van der Waals surface area contributed by atoms with Crippen molar-refractivity contribution in [1.29, 1.82) is 0 Å². The van der Waals surface area contributed by atoms with Crippen molar-refractivity contribution in [3.8, 4) is 0 Å². The first-order chi connectivity index (χ1) is 10.6. The van der Waals surface area contributed by atoms with Gasteiger partial charge in [0, 0.05) is 22.7 Å². The first-order valence-electron chi connectivity index (χ1n) is 7.34. The number of para-hydroxylation sites is 1. The van der Waals surface area contributed by atoms with E-state index < -0.39 is 0 Å². The fourth-order valence-corrected chi connectivity index (χ4v) is 2.85. The van der Waals surface area contributed by atoms with Crippen LogP contribution in [0.4, 0.5) is 15.3 Å². The maximum absolute atomic E-state index is 12.0. The summed E-state index contributed by atoms with van der Waals surface area (Å²) < 4.78 is 5.97. The minimum atomic E-state index is -0.274. The lowest BCUT2D eigenvalue weighted by Gasteiger charge is -2.31. The van der Waals surface area contributed by atoms with E-state index >= 15 is 0 Å². The Morgan fingerprint density at radius 3 is 2.64 bits per heavy atom. The standard InChI is InChI=1S/C15H20IN3O3/c1-2-22-15(21)19-9-7-11(8-10-19)17-14(20)18-13-6-4-3-5-12(13)16/h3-6,11H,2,7-10H2,1H3,(H2,17,18,20). The van der Waals surface area contributed by atoms with E-state index in [2.05, 4.69) is 33.2 Å². The number of urea groups is 1. The zero-order chi connectivity index (χ0) is 15.9. The largest absolute Gasteiger partial charge is 0.450 e. The minimum absolute atomic E-state index is 0.0760. The molecule has 7 heteroatoms. The molecule has 1 aromatic carbocycles. The summed E-state index contributed by atoms with van der Waals surface area (Å²) >= 11 is 2.18. The molecule has 0 atom stereocenters. The average molecular weight is 417 g/mol. The van der Waals surface area contributed by atoms with E-state index in [0.717, 1.165) is 22.1 Å². The van der Waals surface area contributed by atoms with Gasteiger partial charge in [-0.2, -0.15) is 0 Å². The fraction of sp³-hybridized carbons (Fsp3) is 0.467. The molecule has 1 heterocycles. The Kier molecular flexibility index (Phi) is 6.29. The topological polar surface area (TPSA) is 70.7 Å². The van der Waals surface area contributed by atoms with Crippen molar-refractivity contribution in [3.05, 3.63) is 27.8 Å². The van der Waals surface area contributed by atoms with E-state index in [1.807, 2.05) is 24.3 Å². The van der Waals surface area contributed by atoms with Crippen molar-refractivity contribution in [2.45, 2.75) is 25.8 Å². The lowest BCUT2D eigenvalue weighted by atomic mass is 10.1. The van der Waals surface area contributed by atoms with Crippen LogP contribution in [-0.4, -0.2) is 42.8 Å². The van der Waals surface area contributed by atoms with E-state index in [9.17, 15) is 9.59 Å². The highest BCUT2D eigenvalue weighted by Gasteiger charge is 2.24. The molecule has 2 rings (SSSR count). The predicted octanol–water partition coefficient (Wildman–Crippen LogP) is 3.03. The normalized spacial score (nSPS) is 15.3. The van der Waals surface area contributed by atoms with Gasteiger partial charge in [0.15, 0.2) is 0 Å². The number of piperidine rings is 1. The van der Waals surface area contributed by atoms with Gasteiger partial charge in [0.1, 0.15) is 0 Å². The first kappa shape index (κ1) is 16.9. The van der Waals surface area contributed by atoms with Gasteiger partial charge < -0.3 is 20.3 Å². The average Bonchev–Trinajstić information content (AvgIpc) is 2.50. The summed E-state index contributed by atoms with van der Waals surface area (Å²) in [5.41, 5.74) is 0.796. The van der Waals surface area contributed by atoms with Crippen molar-refractivity contribution in [2.75, 3.05) is 25.0 Å². The van der Waals surface area contributed by atoms with Gasteiger partial charge in [-0.15, -0.1) is 0 Å². The number of rotatable bonds is 3. The summed E-state index contributed by atoms with van der Waals surface area (Å²) in [5, 5.41) is 5.80. The molecule has 0 bridgehead atoms. The molecule has 0 unspecified atom stereocenters. The number of amides is 3. The number of nitrogens with zero attached hydrogens (tertiary/aromatic N) is 1. The van der Waals surface area contributed by atoms with Crippen LogP contribution in [0.15, 0.2) is 24.3 Å². The molecule has 0 radical (unpaired) electrons. The maximum Gasteiger partial charge on any atom is 0.409 e. The second kappa shape index (κ2) is 8.21. The maximum atomic E-state index is 12.0. The smallest absolute Gasteiger partial charge is 0.409 e. The molecule has 1 fully saturated rings. The van der Waals surface area contributed by atoms with Crippen LogP contribution in [0.2, 0.25) is 0 Å². The van der Waals surface area contributed by atoms with Gasteiger partial charge >= 0.3 is 12.1 Å². The third kappa shape index (κ3) is 4.75. The molecule has 0 saturated carbocycles. The Morgan fingerprint density at radius 1 is 1.32 bits per heavy atom. The third-order valence-electron chi connectivity index (χ3n) is 3.48.